The first-order valence-electron chi connectivity index (χ1n) is 13.8. The third-order valence-electron chi connectivity index (χ3n) is 7.00. The van der Waals surface area contributed by atoms with Crippen LogP contribution in [0.3, 0.4) is 0 Å². The average molecular weight is 603 g/mol. The fourth-order valence-electron chi connectivity index (χ4n) is 4.74. The van der Waals surface area contributed by atoms with Gasteiger partial charge in [-0.25, -0.2) is 9.78 Å². The summed E-state index contributed by atoms with van der Waals surface area (Å²) in [6.07, 6.45) is 4.29. The molecule has 2 heterocycles. The number of carbonyl (C=O) groups is 5. The number of H-pyrrole nitrogens is 2. The van der Waals surface area contributed by atoms with Crippen molar-refractivity contribution in [3.05, 3.63) is 90.1 Å². The van der Waals surface area contributed by atoms with Crippen LogP contribution in [0.15, 0.2) is 73.3 Å². The van der Waals surface area contributed by atoms with E-state index < -0.39 is 60.2 Å². The van der Waals surface area contributed by atoms with E-state index in [2.05, 4.69) is 30.9 Å². The number of hydrogen-bond donors (Lipinski definition) is 8. The number of aliphatic carboxylic acids is 1. The lowest BCUT2D eigenvalue weighted by molar-refractivity contribution is -0.143. The van der Waals surface area contributed by atoms with Crippen LogP contribution in [0.4, 0.5) is 0 Å². The minimum atomic E-state index is -1.60. The maximum absolute atomic E-state index is 13.8. The Morgan fingerprint density at radius 2 is 1.43 bits per heavy atom. The van der Waals surface area contributed by atoms with E-state index in [1.165, 1.54) is 6.33 Å². The number of rotatable bonds is 15. The van der Waals surface area contributed by atoms with Crippen molar-refractivity contribution in [3.8, 4) is 0 Å². The molecule has 4 amide bonds. The van der Waals surface area contributed by atoms with Gasteiger partial charge >= 0.3 is 5.97 Å². The number of fused-ring (bicyclic) bond motifs is 1. The third-order valence-corrected chi connectivity index (χ3v) is 7.00. The Morgan fingerprint density at radius 3 is 2.09 bits per heavy atom. The van der Waals surface area contributed by atoms with Crippen molar-refractivity contribution < 1.29 is 29.1 Å². The van der Waals surface area contributed by atoms with Crippen LogP contribution in [0.25, 0.3) is 10.9 Å². The fourth-order valence-corrected chi connectivity index (χ4v) is 4.74. The number of nitrogens with two attached hydrogens (primary N) is 2. The van der Waals surface area contributed by atoms with Crippen LogP contribution in [0.5, 0.6) is 0 Å². The molecule has 10 N–H and O–H groups in total. The Balaban J connectivity index is 1.59. The third kappa shape index (κ3) is 8.51. The highest BCUT2D eigenvalue weighted by Gasteiger charge is 2.31. The van der Waals surface area contributed by atoms with E-state index in [-0.39, 0.29) is 19.3 Å². The van der Waals surface area contributed by atoms with E-state index in [4.69, 9.17) is 11.5 Å². The number of carbonyl (C=O) groups excluding carboxylic acids is 4. The lowest BCUT2D eigenvalue weighted by Gasteiger charge is -2.25. The van der Waals surface area contributed by atoms with E-state index in [1.54, 1.807) is 42.7 Å². The number of nitrogens with one attached hydrogen (secondary N) is 5. The molecule has 4 unspecified atom stereocenters. The molecular weight excluding hydrogens is 568 g/mol. The standard InChI is InChI=1S/C30H34N8O6/c31-21(12-19-15-33-16-35-19)27(40)36-24(11-18-14-34-22-9-5-4-8-20(18)22)29(42)37-23(10-17-6-2-1-3-7-17)28(41)38-25(30(43)44)13-26(32)39/h1-9,14-16,21,23-25,34H,10-13,31H2,(H2,32,39)(H,33,35)(H,36,40)(H,37,42)(H,38,41)(H,43,44). The molecule has 0 bridgehead atoms. The largest absolute Gasteiger partial charge is 0.480 e. The van der Waals surface area contributed by atoms with Gasteiger partial charge in [-0.1, -0.05) is 48.5 Å². The van der Waals surface area contributed by atoms with Crippen molar-refractivity contribution in [2.24, 2.45) is 11.5 Å². The van der Waals surface area contributed by atoms with Crippen molar-refractivity contribution in [1.29, 1.82) is 0 Å². The van der Waals surface area contributed by atoms with E-state index in [0.29, 0.717) is 11.3 Å². The van der Waals surface area contributed by atoms with Gasteiger partial charge in [0.2, 0.25) is 23.6 Å². The van der Waals surface area contributed by atoms with Crippen LogP contribution in [0.2, 0.25) is 0 Å². The molecule has 2 aromatic carbocycles. The zero-order valence-electron chi connectivity index (χ0n) is 23.7. The molecule has 2 aromatic heterocycles. The van der Waals surface area contributed by atoms with Gasteiger partial charge < -0.3 is 42.5 Å². The highest BCUT2D eigenvalue weighted by atomic mass is 16.4. The highest BCUT2D eigenvalue weighted by Crippen LogP contribution is 2.19. The fraction of sp³-hybridized carbons (Fsp3) is 0.267. The van der Waals surface area contributed by atoms with Crippen molar-refractivity contribution in [2.75, 3.05) is 0 Å². The summed E-state index contributed by atoms with van der Waals surface area (Å²) in [6.45, 7) is 0. The van der Waals surface area contributed by atoms with Crippen LogP contribution in [-0.4, -0.2) is 73.8 Å². The van der Waals surface area contributed by atoms with Gasteiger partial charge in [0.25, 0.3) is 0 Å². The normalized spacial score (nSPS) is 13.8. The van der Waals surface area contributed by atoms with E-state index in [0.717, 1.165) is 16.5 Å². The van der Waals surface area contributed by atoms with E-state index in [1.807, 2.05) is 24.3 Å². The number of carboxylic acids is 1. The SMILES string of the molecule is NC(=O)CC(NC(=O)C(Cc1ccccc1)NC(=O)C(Cc1c[nH]c2ccccc12)NC(=O)C(N)Cc1cnc[nH]1)C(=O)O. The Kier molecular flexibility index (Phi) is 10.4. The first kappa shape index (κ1) is 31.4. The Labute approximate surface area is 252 Å². The molecule has 14 heteroatoms. The van der Waals surface area contributed by atoms with Gasteiger partial charge in [-0.05, 0) is 17.2 Å². The number of carboxylic acid groups (broad SMARTS) is 1. The first-order chi connectivity index (χ1) is 21.1. The number of hydrogen-bond acceptors (Lipinski definition) is 7. The predicted octanol–water partition coefficient (Wildman–Crippen LogP) is -0.339. The Bertz CT molecular complexity index is 1600. The monoisotopic (exact) mass is 602 g/mol. The Morgan fingerprint density at radius 1 is 0.795 bits per heavy atom. The van der Waals surface area contributed by atoms with Gasteiger partial charge in [-0.15, -0.1) is 0 Å². The molecule has 44 heavy (non-hydrogen) atoms. The molecule has 14 nitrogen and oxygen atoms in total. The molecule has 0 radical (unpaired) electrons. The number of aromatic amines is 2. The minimum absolute atomic E-state index is 0.00554. The van der Waals surface area contributed by atoms with Crippen molar-refractivity contribution in [3.63, 3.8) is 0 Å². The van der Waals surface area contributed by atoms with Crippen LogP contribution in [-0.2, 0) is 43.2 Å². The quantitative estimate of drug-likeness (QED) is 0.0893. The second kappa shape index (κ2) is 14.6. The maximum atomic E-state index is 13.8. The molecule has 0 saturated carbocycles. The minimum Gasteiger partial charge on any atom is -0.480 e. The molecule has 4 atom stereocenters. The molecule has 4 aromatic rings. The van der Waals surface area contributed by atoms with E-state index >= 15 is 0 Å². The number of aromatic nitrogens is 3. The van der Waals surface area contributed by atoms with Gasteiger partial charge in [0.05, 0.1) is 18.8 Å². The maximum Gasteiger partial charge on any atom is 0.326 e. The first-order valence-corrected chi connectivity index (χ1v) is 13.8. The molecular formula is C30H34N8O6. The lowest BCUT2D eigenvalue weighted by Crippen LogP contribution is -2.58. The molecule has 230 valence electrons. The molecule has 0 aliphatic heterocycles. The summed E-state index contributed by atoms with van der Waals surface area (Å²) < 4.78 is 0. The van der Waals surface area contributed by atoms with Crippen molar-refractivity contribution in [1.82, 2.24) is 30.9 Å². The van der Waals surface area contributed by atoms with Gasteiger partial charge in [-0.3, -0.25) is 19.2 Å². The summed E-state index contributed by atoms with van der Waals surface area (Å²) in [7, 11) is 0. The predicted molar refractivity (Wildman–Crippen MR) is 160 cm³/mol. The molecule has 0 aliphatic carbocycles. The summed E-state index contributed by atoms with van der Waals surface area (Å²) in [5.41, 5.74) is 14.2. The van der Waals surface area contributed by atoms with Crippen LogP contribution in [0, 0.1) is 0 Å². The summed E-state index contributed by atoms with van der Waals surface area (Å²) in [5, 5.41) is 18.0. The van der Waals surface area contributed by atoms with Crippen LogP contribution < -0.4 is 27.4 Å². The number of nitrogens with zero attached hydrogens (tertiary/aromatic N) is 1. The molecule has 4 rings (SSSR count). The zero-order chi connectivity index (χ0) is 31.6. The molecule has 0 fully saturated rings. The van der Waals surface area contributed by atoms with Gasteiger partial charge in [-0.2, -0.15) is 0 Å². The number of benzene rings is 2. The second-order valence-electron chi connectivity index (χ2n) is 10.3. The van der Waals surface area contributed by atoms with Crippen molar-refractivity contribution >= 4 is 40.5 Å². The summed E-state index contributed by atoms with van der Waals surface area (Å²) >= 11 is 0. The second-order valence-corrected chi connectivity index (χ2v) is 10.3. The van der Waals surface area contributed by atoms with E-state index in [9.17, 15) is 29.1 Å². The number of primary amides is 1. The lowest BCUT2D eigenvalue weighted by atomic mass is 10.0. The number of para-hydroxylation sites is 1. The highest BCUT2D eigenvalue weighted by molar-refractivity contribution is 5.95. The van der Waals surface area contributed by atoms with Crippen LogP contribution >= 0.6 is 0 Å². The number of imidazole rings is 1. The van der Waals surface area contributed by atoms with Gasteiger partial charge in [0, 0.05) is 48.3 Å². The molecule has 0 saturated heterocycles. The summed E-state index contributed by atoms with van der Waals surface area (Å²) in [6, 6.07) is 11.2. The summed E-state index contributed by atoms with van der Waals surface area (Å²) in [4.78, 5) is 73.4. The summed E-state index contributed by atoms with van der Waals surface area (Å²) in [5.74, 6) is -4.53. The van der Waals surface area contributed by atoms with Crippen LogP contribution in [0.1, 0.15) is 23.2 Å². The zero-order valence-corrected chi connectivity index (χ0v) is 23.7. The van der Waals surface area contributed by atoms with Gasteiger partial charge in [0.15, 0.2) is 0 Å². The Hall–Kier alpha value is -5.50. The number of amides is 4. The molecule has 0 aliphatic rings. The topological polar surface area (TPSA) is 238 Å². The van der Waals surface area contributed by atoms with Gasteiger partial charge in [0.1, 0.15) is 18.1 Å². The van der Waals surface area contributed by atoms with Crippen molar-refractivity contribution in [2.45, 2.75) is 49.9 Å². The smallest absolute Gasteiger partial charge is 0.326 e. The average Bonchev–Trinajstić information content (AvgIpc) is 3.66. The molecule has 0 spiro atoms.